The second kappa shape index (κ2) is 5.68. The van der Waals surface area contributed by atoms with E-state index in [1.54, 1.807) is 6.33 Å². The first-order valence-corrected chi connectivity index (χ1v) is 9.17. The third-order valence-electron chi connectivity index (χ3n) is 4.46. The molecule has 2 heterocycles. The lowest BCUT2D eigenvalue weighted by molar-refractivity contribution is 0.449. The lowest BCUT2D eigenvalue weighted by atomic mass is 10.2. The third kappa shape index (κ3) is 2.40. The molecule has 0 N–H and O–H groups in total. The lowest BCUT2D eigenvalue weighted by Crippen LogP contribution is -2.29. The molecule has 0 unspecified atom stereocenters. The largest absolute Gasteiger partial charge is 0.326 e. The van der Waals surface area contributed by atoms with Gasteiger partial charge in [0.2, 0.25) is 10.0 Å². The number of hydrogen-bond donors (Lipinski definition) is 0. The van der Waals surface area contributed by atoms with Gasteiger partial charge >= 0.3 is 0 Å². The van der Waals surface area contributed by atoms with Crippen molar-refractivity contribution in [2.75, 3.05) is 13.1 Å². The van der Waals surface area contributed by atoms with Gasteiger partial charge in [-0.1, -0.05) is 24.3 Å². The van der Waals surface area contributed by atoms with E-state index in [9.17, 15) is 12.8 Å². The molecule has 0 saturated carbocycles. The molecule has 7 heteroatoms. The van der Waals surface area contributed by atoms with Crippen molar-refractivity contribution < 1.29 is 12.8 Å². The van der Waals surface area contributed by atoms with Crippen LogP contribution >= 0.6 is 0 Å². The second-order valence-electron chi connectivity index (χ2n) is 5.88. The summed E-state index contributed by atoms with van der Waals surface area (Å²) in [7, 11) is -3.82. The maximum absolute atomic E-state index is 13.9. The molecule has 0 spiro atoms. The zero-order valence-electron chi connectivity index (χ0n) is 12.8. The zero-order chi connectivity index (χ0) is 16.7. The fourth-order valence-corrected chi connectivity index (χ4v) is 4.78. The van der Waals surface area contributed by atoms with Crippen LogP contribution < -0.4 is 0 Å². The lowest BCUT2D eigenvalue weighted by Gasteiger charge is -2.18. The van der Waals surface area contributed by atoms with E-state index in [1.807, 2.05) is 28.8 Å². The highest BCUT2D eigenvalue weighted by Gasteiger charge is 2.35. The molecule has 4 rings (SSSR count). The number of sulfonamides is 1. The Morgan fingerprint density at radius 1 is 1.08 bits per heavy atom. The standard InChI is InChI=1S/C17H16FN3O2S/c18-14-5-1-4-8-17(14)24(22,23)20-10-9-13(11-20)21-12-19-15-6-2-3-7-16(15)21/h1-8,12-13H,9-11H2/t13-/m0/s1. The highest BCUT2D eigenvalue weighted by molar-refractivity contribution is 7.89. The maximum Gasteiger partial charge on any atom is 0.246 e. The summed E-state index contributed by atoms with van der Waals surface area (Å²) in [5.74, 6) is -0.714. The maximum atomic E-state index is 13.9. The van der Waals surface area contributed by atoms with E-state index in [4.69, 9.17) is 0 Å². The van der Waals surface area contributed by atoms with Gasteiger partial charge in [0.05, 0.1) is 23.4 Å². The molecule has 0 amide bonds. The molecular formula is C17H16FN3O2S. The van der Waals surface area contributed by atoms with Gasteiger partial charge in [0.25, 0.3) is 0 Å². The van der Waals surface area contributed by atoms with E-state index in [0.717, 1.165) is 11.0 Å². The number of benzene rings is 2. The Morgan fingerprint density at radius 3 is 2.67 bits per heavy atom. The Morgan fingerprint density at radius 2 is 1.83 bits per heavy atom. The van der Waals surface area contributed by atoms with Crippen LogP contribution in [0.15, 0.2) is 59.8 Å². The molecule has 1 saturated heterocycles. The molecule has 5 nitrogen and oxygen atoms in total. The predicted octanol–water partition coefficient (Wildman–Crippen LogP) is 2.81. The quantitative estimate of drug-likeness (QED) is 0.733. The predicted molar refractivity (Wildman–Crippen MR) is 88.5 cm³/mol. The van der Waals surface area contributed by atoms with E-state index in [2.05, 4.69) is 4.98 Å². The average Bonchev–Trinajstić information content (AvgIpc) is 3.22. The van der Waals surface area contributed by atoms with Gasteiger partial charge in [-0.2, -0.15) is 4.31 Å². The highest BCUT2D eigenvalue weighted by Crippen LogP contribution is 2.30. The molecule has 3 aromatic rings. The van der Waals surface area contributed by atoms with E-state index >= 15 is 0 Å². The highest BCUT2D eigenvalue weighted by atomic mass is 32.2. The van der Waals surface area contributed by atoms with Crippen molar-refractivity contribution in [1.29, 1.82) is 0 Å². The van der Waals surface area contributed by atoms with E-state index in [1.165, 1.54) is 28.6 Å². The Kier molecular flexibility index (Phi) is 3.62. The SMILES string of the molecule is O=S(=O)(c1ccccc1F)N1CC[C@H](n2cnc3ccccc32)C1. The van der Waals surface area contributed by atoms with Crippen LogP contribution in [0.1, 0.15) is 12.5 Å². The van der Waals surface area contributed by atoms with Gasteiger partial charge in [0.15, 0.2) is 0 Å². The minimum atomic E-state index is -3.82. The number of nitrogens with zero attached hydrogens (tertiary/aromatic N) is 3. The van der Waals surface area contributed by atoms with Crippen molar-refractivity contribution in [3.8, 4) is 0 Å². The number of para-hydroxylation sites is 2. The van der Waals surface area contributed by atoms with Crippen LogP contribution in [0.25, 0.3) is 11.0 Å². The average molecular weight is 345 g/mol. The van der Waals surface area contributed by atoms with Crippen molar-refractivity contribution in [3.05, 3.63) is 60.7 Å². The first kappa shape index (κ1) is 15.3. The molecule has 0 aliphatic carbocycles. The van der Waals surface area contributed by atoms with Crippen LogP contribution in [-0.4, -0.2) is 35.4 Å². The normalized spacial score (nSPS) is 19.1. The molecule has 2 aromatic carbocycles. The van der Waals surface area contributed by atoms with Crippen molar-refractivity contribution >= 4 is 21.1 Å². The number of aromatic nitrogens is 2. The van der Waals surface area contributed by atoms with Gasteiger partial charge in [0.1, 0.15) is 10.7 Å². The summed E-state index contributed by atoms with van der Waals surface area (Å²) in [5.41, 5.74) is 1.86. The summed E-state index contributed by atoms with van der Waals surface area (Å²) in [5, 5.41) is 0. The summed E-state index contributed by atoms with van der Waals surface area (Å²) in [6.07, 6.45) is 2.42. The smallest absolute Gasteiger partial charge is 0.246 e. The van der Waals surface area contributed by atoms with Crippen LogP contribution in [0.4, 0.5) is 4.39 Å². The Labute approximate surface area is 139 Å². The van der Waals surface area contributed by atoms with E-state index in [-0.39, 0.29) is 10.9 Å². The van der Waals surface area contributed by atoms with Crippen molar-refractivity contribution in [1.82, 2.24) is 13.9 Å². The van der Waals surface area contributed by atoms with Crippen molar-refractivity contribution in [2.24, 2.45) is 0 Å². The van der Waals surface area contributed by atoms with Crippen LogP contribution in [0, 0.1) is 5.82 Å². The van der Waals surface area contributed by atoms with Gasteiger partial charge in [-0.25, -0.2) is 17.8 Å². The molecule has 1 aliphatic heterocycles. The minimum Gasteiger partial charge on any atom is -0.326 e. The molecule has 124 valence electrons. The molecule has 1 aromatic heterocycles. The molecule has 0 bridgehead atoms. The summed E-state index contributed by atoms with van der Waals surface area (Å²) in [6, 6.07) is 13.2. The van der Waals surface area contributed by atoms with E-state index in [0.29, 0.717) is 19.5 Å². The van der Waals surface area contributed by atoms with Gasteiger partial charge in [-0.3, -0.25) is 0 Å². The fourth-order valence-electron chi connectivity index (χ4n) is 3.22. The number of fused-ring (bicyclic) bond motifs is 1. The van der Waals surface area contributed by atoms with Crippen LogP contribution in [0.3, 0.4) is 0 Å². The molecule has 1 aliphatic rings. The number of hydrogen-bond acceptors (Lipinski definition) is 3. The molecule has 24 heavy (non-hydrogen) atoms. The fraction of sp³-hybridized carbons (Fsp3) is 0.235. The Hall–Kier alpha value is -2.25. The second-order valence-corrected chi connectivity index (χ2v) is 7.78. The summed E-state index contributed by atoms with van der Waals surface area (Å²) >= 11 is 0. The van der Waals surface area contributed by atoms with E-state index < -0.39 is 15.8 Å². The van der Waals surface area contributed by atoms with Gasteiger partial charge < -0.3 is 4.57 Å². The van der Waals surface area contributed by atoms with Crippen molar-refractivity contribution in [2.45, 2.75) is 17.4 Å². The summed E-state index contributed by atoms with van der Waals surface area (Å²) in [4.78, 5) is 4.09. The topological polar surface area (TPSA) is 55.2 Å². The van der Waals surface area contributed by atoms with Crippen molar-refractivity contribution in [3.63, 3.8) is 0 Å². The summed E-state index contributed by atoms with van der Waals surface area (Å²) < 4.78 is 42.6. The Bertz CT molecular complexity index is 1000. The van der Waals surface area contributed by atoms with Gasteiger partial charge in [0, 0.05) is 13.1 Å². The first-order valence-electron chi connectivity index (χ1n) is 7.73. The first-order chi connectivity index (χ1) is 11.6. The molecule has 1 fully saturated rings. The zero-order valence-corrected chi connectivity index (χ0v) is 13.7. The molecule has 0 radical (unpaired) electrons. The molecule has 1 atom stereocenters. The monoisotopic (exact) mass is 345 g/mol. The van der Waals surface area contributed by atoms with Gasteiger partial charge in [-0.05, 0) is 30.7 Å². The van der Waals surface area contributed by atoms with Crippen LogP contribution in [0.2, 0.25) is 0 Å². The number of imidazole rings is 1. The van der Waals surface area contributed by atoms with Crippen LogP contribution in [-0.2, 0) is 10.0 Å². The van der Waals surface area contributed by atoms with Crippen LogP contribution in [0.5, 0.6) is 0 Å². The minimum absolute atomic E-state index is 0.000974. The Balaban J connectivity index is 1.64. The number of halogens is 1. The third-order valence-corrected chi connectivity index (χ3v) is 6.35. The summed E-state index contributed by atoms with van der Waals surface area (Å²) in [6.45, 7) is 0.685. The molecular weight excluding hydrogens is 329 g/mol. The van der Waals surface area contributed by atoms with Gasteiger partial charge in [-0.15, -0.1) is 0 Å². The number of rotatable bonds is 3.